The molecule has 1 aliphatic heterocycles. The van der Waals surface area contributed by atoms with Gasteiger partial charge in [0, 0.05) is 10.4 Å². The number of carbonyl (C=O) groups is 1. The number of amides is 1. The topological polar surface area (TPSA) is 73.6 Å². The molecule has 2 aromatic carbocycles. The van der Waals surface area contributed by atoms with Gasteiger partial charge in [-0.1, -0.05) is 12.1 Å². The first-order valence-electron chi connectivity index (χ1n) is 7.85. The molecule has 0 atom stereocenters. The molecule has 0 spiro atoms. The van der Waals surface area contributed by atoms with Gasteiger partial charge < -0.3 is 20.5 Å². The van der Waals surface area contributed by atoms with E-state index in [1.165, 1.54) is 0 Å². The lowest BCUT2D eigenvalue weighted by Gasteiger charge is -2.18. The summed E-state index contributed by atoms with van der Waals surface area (Å²) in [5, 5.41) is 4.89. The minimum Gasteiger partial charge on any atom is -0.486 e. The smallest absolute Gasteiger partial charge is 0.255 e. The molecule has 1 amide bonds. The number of nitrogens with one attached hydrogen (secondary N) is 1. The lowest BCUT2D eigenvalue weighted by Crippen LogP contribution is -2.17. The van der Waals surface area contributed by atoms with E-state index in [1.54, 1.807) is 35.6 Å². The second-order valence-electron chi connectivity index (χ2n) is 5.59. The van der Waals surface area contributed by atoms with Crippen LogP contribution in [0.15, 0.2) is 53.9 Å². The summed E-state index contributed by atoms with van der Waals surface area (Å²) in [6, 6.07) is 14.8. The average molecular weight is 352 g/mol. The predicted octanol–water partition coefficient (Wildman–Crippen LogP) is 4.02. The Kier molecular flexibility index (Phi) is 4.03. The van der Waals surface area contributed by atoms with Gasteiger partial charge in [-0.25, -0.2) is 0 Å². The van der Waals surface area contributed by atoms with Crippen LogP contribution in [0.1, 0.15) is 10.4 Å². The van der Waals surface area contributed by atoms with Gasteiger partial charge in [0.05, 0.1) is 11.4 Å². The van der Waals surface area contributed by atoms with Crippen LogP contribution in [0.3, 0.4) is 0 Å². The molecule has 0 unspecified atom stereocenters. The summed E-state index contributed by atoms with van der Waals surface area (Å²) in [5.41, 5.74) is 8.64. The standard InChI is InChI=1S/C19H16N2O3S/c20-14-5-3-12(18-2-1-9-25-18)10-15(14)21-19(22)13-4-6-16-17(11-13)24-8-7-23-16/h1-6,9-11H,7-8,20H2,(H,21,22). The first-order valence-corrected chi connectivity index (χ1v) is 8.73. The zero-order valence-corrected chi connectivity index (χ0v) is 14.1. The van der Waals surface area contributed by atoms with Gasteiger partial charge >= 0.3 is 0 Å². The monoisotopic (exact) mass is 352 g/mol. The minimum absolute atomic E-state index is 0.244. The quantitative estimate of drug-likeness (QED) is 0.698. The van der Waals surface area contributed by atoms with Crippen LogP contribution in [0.2, 0.25) is 0 Å². The first-order chi connectivity index (χ1) is 12.2. The molecule has 5 nitrogen and oxygen atoms in total. The Balaban J connectivity index is 1.59. The number of ether oxygens (including phenoxy) is 2. The summed E-state index contributed by atoms with van der Waals surface area (Å²) < 4.78 is 11.0. The number of fused-ring (bicyclic) bond motifs is 1. The van der Waals surface area contributed by atoms with Crippen LogP contribution < -0.4 is 20.5 Å². The van der Waals surface area contributed by atoms with Crippen molar-refractivity contribution in [2.45, 2.75) is 0 Å². The van der Waals surface area contributed by atoms with Crippen LogP contribution in [0, 0.1) is 0 Å². The van der Waals surface area contributed by atoms with Crippen molar-refractivity contribution < 1.29 is 14.3 Å². The van der Waals surface area contributed by atoms with Gasteiger partial charge in [0.2, 0.25) is 0 Å². The fourth-order valence-corrected chi connectivity index (χ4v) is 3.36. The molecule has 3 aromatic rings. The van der Waals surface area contributed by atoms with Crippen LogP contribution in [-0.2, 0) is 0 Å². The number of anilines is 2. The van der Waals surface area contributed by atoms with E-state index in [2.05, 4.69) is 5.32 Å². The highest BCUT2D eigenvalue weighted by Gasteiger charge is 2.16. The Labute approximate surface area is 149 Å². The number of thiophene rings is 1. The van der Waals surface area contributed by atoms with Crippen molar-refractivity contribution in [1.29, 1.82) is 0 Å². The third kappa shape index (κ3) is 3.16. The van der Waals surface area contributed by atoms with Crippen LogP contribution in [0.4, 0.5) is 11.4 Å². The van der Waals surface area contributed by atoms with Gasteiger partial charge in [-0.3, -0.25) is 4.79 Å². The van der Waals surface area contributed by atoms with E-state index in [0.29, 0.717) is 41.7 Å². The molecule has 0 bridgehead atoms. The average Bonchev–Trinajstić information content (AvgIpc) is 3.18. The van der Waals surface area contributed by atoms with E-state index >= 15 is 0 Å². The molecule has 25 heavy (non-hydrogen) atoms. The van der Waals surface area contributed by atoms with Crippen LogP contribution >= 0.6 is 11.3 Å². The number of nitrogen functional groups attached to an aromatic ring is 1. The molecule has 0 fully saturated rings. The second-order valence-corrected chi connectivity index (χ2v) is 6.54. The minimum atomic E-state index is -0.244. The summed E-state index contributed by atoms with van der Waals surface area (Å²) in [7, 11) is 0. The Morgan fingerprint density at radius 2 is 1.88 bits per heavy atom. The Hall–Kier alpha value is -2.99. The molecule has 0 saturated heterocycles. The van der Waals surface area contributed by atoms with Gasteiger partial charge in [-0.05, 0) is 47.3 Å². The molecule has 126 valence electrons. The molecule has 0 aliphatic carbocycles. The molecule has 4 rings (SSSR count). The van der Waals surface area contributed by atoms with Gasteiger partial charge in [0.1, 0.15) is 13.2 Å². The molecule has 1 aromatic heterocycles. The first kappa shape index (κ1) is 15.5. The molecule has 6 heteroatoms. The number of hydrogen-bond acceptors (Lipinski definition) is 5. The summed E-state index contributed by atoms with van der Waals surface area (Å²) in [6.45, 7) is 0.998. The Morgan fingerprint density at radius 3 is 2.68 bits per heavy atom. The zero-order chi connectivity index (χ0) is 17.2. The van der Waals surface area contributed by atoms with E-state index in [-0.39, 0.29) is 5.91 Å². The molecule has 1 aliphatic rings. The van der Waals surface area contributed by atoms with E-state index < -0.39 is 0 Å². The third-order valence-electron chi connectivity index (χ3n) is 3.91. The number of rotatable bonds is 3. The van der Waals surface area contributed by atoms with Gasteiger partial charge in [0.15, 0.2) is 11.5 Å². The zero-order valence-electron chi connectivity index (χ0n) is 13.3. The number of hydrogen-bond donors (Lipinski definition) is 2. The Morgan fingerprint density at radius 1 is 1.04 bits per heavy atom. The summed E-state index contributed by atoms with van der Waals surface area (Å²) in [6.07, 6.45) is 0. The van der Waals surface area contributed by atoms with Crippen molar-refractivity contribution in [2.75, 3.05) is 24.3 Å². The van der Waals surface area contributed by atoms with Crippen molar-refractivity contribution in [3.63, 3.8) is 0 Å². The van der Waals surface area contributed by atoms with Crippen LogP contribution in [0.5, 0.6) is 11.5 Å². The van der Waals surface area contributed by atoms with E-state index in [0.717, 1.165) is 10.4 Å². The van der Waals surface area contributed by atoms with Crippen molar-refractivity contribution in [3.8, 4) is 21.9 Å². The molecule has 2 heterocycles. The van der Waals surface area contributed by atoms with E-state index in [1.807, 2.05) is 29.6 Å². The van der Waals surface area contributed by atoms with Crippen molar-refractivity contribution in [1.82, 2.24) is 0 Å². The lowest BCUT2D eigenvalue weighted by molar-refractivity contribution is 0.102. The highest BCUT2D eigenvalue weighted by Crippen LogP contribution is 2.32. The number of nitrogens with two attached hydrogens (primary N) is 1. The maximum absolute atomic E-state index is 12.6. The highest BCUT2D eigenvalue weighted by atomic mass is 32.1. The molecular formula is C19H16N2O3S. The second kappa shape index (κ2) is 6.49. The van der Waals surface area contributed by atoms with E-state index in [9.17, 15) is 4.79 Å². The summed E-state index contributed by atoms with van der Waals surface area (Å²) in [5.74, 6) is 0.994. The number of carbonyl (C=O) groups excluding carboxylic acids is 1. The molecular weight excluding hydrogens is 336 g/mol. The maximum Gasteiger partial charge on any atom is 0.255 e. The molecule has 0 saturated carbocycles. The molecule has 0 radical (unpaired) electrons. The molecule has 3 N–H and O–H groups in total. The van der Waals surface area contributed by atoms with E-state index in [4.69, 9.17) is 15.2 Å². The highest BCUT2D eigenvalue weighted by molar-refractivity contribution is 7.13. The van der Waals surface area contributed by atoms with Crippen molar-refractivity contribution >= 4 is 28.6 Å². The normalized spacial score (nSPS) is 12.6. The van der Waals surface area contributed by atoms with Gasteiger partial charge in [0.25, 0.3) is 5.91 Å². The largest absolute Gasteiger partial charge is 0.486 e. The SMILES string of the molecule is Nc1ccc(-c2cccs2)cc1NC(=O)c1ccc2c(c1)OCCO2. The van der Waals surface area contributed by atoms with Crippen molar-refractivity contribution in [3.05, 3.63) is 59.5 Å². The maximum atomic E-state index is 12.6. The van der Waals surface area contributed by atoms with Gasteiger partial charge in [-0.2, -0.15) is 0 Å². The van der Waals surface area contributed by atoms with Crippen LogP contribution in [-0.4, -0.2) is 19.1 Å². The Bertz CT molecular complexity index is 922. The van der Waals surface area contributed by atoms with Crippen LogP contribution in [0.25, 0.3) is 10.4 Å². The predicted molar refractivity (Wildman–Crippen MR) is 99.6 cm³/mol. The van der Waals surface area contributed by atoms with Gasteiger partial charge in [-0.15, -0.1) is 11.3 Å². The van der Waals surface area contributed by atoms with Crippen molar-refractivity contribution in [2.24, 2.45) is 0 Å². The lowest BCUT2D eigenvalue weighted by atomic mass is 10.1. The third-order valence-corrected chi connectivity index (χ3v) is 4.83. The summed E-state index contributed by atoms with van der Waals surface area (Å²) in [4.78, 5) is 13.7. The number of benzene rings is 2. The fourth-order valence-electron chi connectivity index (χ4n) is 2.64. The fraction of sp³-hybridized carbons (Fsp3) is 0.105. The summed E-state index contributed by atoms with van der Waals surface area (Å²) >= 11 is 1.64.